The molecule has 1 heterocycles. The SMILES string of the molecule is COc1cc(OC)c(NC(=O)N2C[C@@H]3CCC[C@@]3(C(=O)O)C2)cc1F. The molecule has 1 aliphatic carbocycles. The number of rotatable bonds is 4. The Morgan fingerprint density at radius 2 is 2.04 bits per heavy atom. The van der Waals surface area contributed by atoms with Gasteiger partial charge in [-0.25, -0.2) is 9.18 Å². The molecule has 2 atom stereocenters. The van der Waals surface area contributed by atoms with E-state index in [0.29, 0.717) is 13.0 Å². The molecule has 1 aromatic carbocycles. The zero-order valence-corrected chi connectivity index (χ0v) is 14.2. The van der Waals surface area contributed by atoms with E-state index < -0.39 is 23.2 Å². The number of nitrogens with one attached hydrogen (secondary N) is 1. The van der Waals surface area contributed by atoms with Gasteiger partial charge in [-0.15, -0.1) is 0 Å². The highest BCUT2D eigenvalue weighted by Gasteiger charge is 2.55. The molecule has 1 aliphatic heterocycles. The lowest BCUT2D eigenvalue weighted by atomic mass is 9.81. The van der Waals surface area contributed by atoms with Gasteiger partial charge in [0, 0.05) is 25.2 Å². The molecular formula is C17H21FN2O5. The van der Waals surface area contributed by atoms with Crippen LogP contribution in [-0.4, -0.2) is 49.3 Å². The van der Waals surface area contributed by atoms with Gasteiger partial charge in [-0.3, -0.25) is 4.79 Å². The summed E-state index contributed by atoms with van der Waals surface area (Å²) in [6.07, 6.45) is 2.25. The average Bonchev–Trinajstić information content (AvgIpc) is 3.13. The summed E-state index contributed by atoms with van der Waals surface area (Å²) in [7, 11) is 2.74. The lowest BCUT2D eigenvalue weighted by molar-refractivity contribution is -0.149. The molecule has 136 valence electrons. The van der Waals surface area contributed by atoms with Gasteiger partial charge in [0.2, 0.25) is 0 Å². The van der Waals surface area contributed by atoms with Crippen molar-refractivity contribution in [2.75, 3.05) is 32.6 Å². The van der Waals surface area contributed by atoms with E-state index in [2.05, 4.69) is 5.32 Å². The van der Waals surface area contributed by atoms with Gasteiger partial charge < -0.3 is 24.8 Å². The minimum Gasteiger partial charge on any atom is -0.494 e. The maximum atomic E-state index is 13.9. The van der Waals surface area contributed by atoms with Crippen LogP contribution in [0.3, 0.4) is 0 Å². The molecule has 7 nitrogen and oxygen atoms in total. The van der Waals surface area contributed by atoms with Crippen LogP contribution in [0.2, 0.25) is 0 Å². The number of amides is 2. The summed E-state index contributed by atoms with van der Waals surface area (Å²) in [6, 6.07) is 2.01. The number of carboxylic acid groups (broad SMARTS) is 1. The zero-order valence-electron chi connectivity index (χ0n) is 14.2. The van der Waals surface area contributed by atoms with E-state index in [1.54, 1.807) is 0 Å². The maximum Gasteiger partial charge on any atom is 0.321 e. The first kappa shape index (κ1) is 17.3. The molecule has 2 aliphatic rings. The van der Waals surface area contributed by atoms with E-state index >= 15 is 0 Å². The van der Waals surface area contributed by atoms with Gasteiger partial charge in [0.25, 0.3) is 0 Å². The number of carboxylic acids is 1. The summed E-state index contributed by atoms with van der Waals surface area (Å²) in [5, 5.41) is 12.2. The smallest absolute Gasteiger partial charge is 0.321 e. The van der Waals surface area contributed by atoms with Gasteiger partial charge in [-0.1, -0.05) is 6.42 Å². The Bertz CT molecular complexity index is 711. The first-order chi connectivity index (χ1) is 11.9. The van der Waals surface area contributed by atoms with Gasteiger partial charge >= 0.3 is 12.0 Å². The summed E-state index contributed by atoms with van der Waals surface area (Å²) in [4.78, 5) is 25.7. The number of halogens is 1. The van der Waals surface area contributed by atoms with Crippen LogP contribution in [0.25, 0.3) is 0 Å². The number of carbonyl (C=O) groups is 2. The number of urea groups is 1. The summed E-state index contributed by atoms with van der Waals surface area (Å²) in [5.41, 5.74) is -0.681. The number of hydrogen-bond acceptors (Lipinski definition) is 4. The molecule has 2 N–H and O–H groups in total. The fourth-order valence-electron chi connectivity index (χ4n) is 3.95. The molecule has 2 amide bonds. The predicted octanol–water partition coefficient (Wildman–Crippen LogP) is 2.56. The van der Waals surface area contributed by atoms with Crippen molar-refractivity contribution in [2.45, 2.75) is 19.3 Å². The molecule has 0 bridgehead atoms. The number of aliphatic carboxylic acids is 1. The number of hydrogen-bond donors (Lipinski definition) is 2. The number of ether oxygens (including phenoxy) is 2. The van der Waals surface area contributed by atoms with E-state index in [0.717, 1.165) is 18.9 Å². The topological polar surface area (TPSA) is 88.1 Å². The maximum absolute atomic E-state index is 13.9. The molecule has 0 radical (unpaired) electrons. The Hall–Kier alpha value is -2.51. The van der Waals surface area contributed by atoms with Crippen molar-refractivity contribution in [2.24, 2.45) is 11.3 Å². The third-order valence-corrected chi connectivity index (χ3v) is 5.30. The number of benzene rings is 1. The summed E-state index contributed by atoms with van der Waals surface area (Å²) < 4.78 is 24.0. The summed E-state index contributed by atoms with van der Waals surface area (Å²) in [6.45, 7) is 0.554. The Balaban J connectivity index is 1.78. The highest BCUT2D eigenvalue weighted by atomic mass is 19.1. The Morgan fingerprint density at radius 3 is 2.64 bits per heavy atom. The lowest BCUT2D eigenvalue weighted by Gasteiger charge is -2.23. The van der Waals surface area contributed by atoms with Crippen LogP contribution in [0.5, 0.6) is 11.5 Å². The van der Waals surface area contributed by atoms with E-state index in [4.69, 9.17) is 9.47 Å². The minimum absolute atomic E-state index is 0.00961. The van der Waals surface area contributed by atoms with Crippen molar-refractivity contribution in [3.63, 3.8) is 0 Å². The van der Waals surface area contributed by atoms with Crippen LogP contribution in [0.4, 0.5) is 14.9 Å². The van der Waals surface area contributed by atoms with Crippen LogP contribution in [0.1, 0.15) is 19.3 Å². The molecule has 8 heteroatoms. The molecule has 0 unspecified atom stereocenters. The monoisotopic (exact) mass is 352 g/mol. The van der Waals surface area contributed by atoms with Gasteiger partial charge in [-0.05, 0) is 18.8 Å². The Kier molecular flexibility index (Phi) is 4.45. The van der Waals surface area contributed by atoms with Crippen molar-refractivity contribution < 1.29 is 28.6 Å². The van der Waals surface area contributed by atoms with Crippen LogP contribution in [0, 0.1) is 17.2 Å². The highest BCUT2D eigenvalue weighted by Crippen LogP contribution is 2.49. The fraction of sp³-hybridized carbons (Fsp3) is 0.529. The third kappa shape index (κ3) is 2.85. The third-order valence-electron chi connectivity index (χ3n) is 5.30. The Labute approximate surface area is 144 Å². The van der Waals surface area contributed by atoms with E-state index in [9.17, 15) is 19.1 Å². The van der Waals surface area contributed by atoms with Crippen molar-refractivity contribution in [3.8, 4) is 11.5 Å². The molecule has 0 spiro atoms. The second kappa shape index (κ2) is 6.42. The van der Waals surface area contributed by atoms with E-state index in [1.165, 1.54) is 25.2 Å². The number of fused-ring (bicyclic) bond motifs is 1. The van der Waals surface area contributed by atoms with Gasteiger partial charge in [0.1, 0.15) is 5.75 Å². The first-order valence-electron chi connectivity index (χ1n) is 8.12. The second-order valence-electron chi connectivity index (χ2n) is 6.55. The Morgan fingerprint density at radius 1 is 1.32 bits per heavy atom. The second-order valence-corrected chi connectivity index (χ2v) is 6.55. The summed E-state index contributed by atoms with van der Waals surface area (Å²) in [5.74, 6) is -1.24. The van der Waals surface area contributed by atoms with Crippen LogP contribution >= 0.6 is 0 Å². The highest BCUT2D eigenvalue weighted by molar-refractivity contribution is 5.92. The molecule has 3 rings (SSSR count). The first-order valence-corrected chi connectivity index (χ1v) is 8.12. The van der Waals surface area contributed by atoms with Crippen LogP contribution in [-0.2, 0) is 4.79 Å². The van der Waals surface area contributed by atoms with Gasteiger partial charge in [0.05, 0.1) is 25.3 Å². The van der Waals surface area contributed by atoms with Crippen LogP contribution in [0.15, 0.2) is 12.1 Å². The quantitative estimate of drug-likeness (QED) is 0.869. The van der Waals surface area contributed by atoms with Crippen molar-refractivity contribution in [3.05, 3.63) is 17.9 Å². The molecule has 25 heavy (non-hydrogen) atoms. The molecule has 1 saturated carbocycles. The lowest BCUT2D eigenvalue weighted by Crippen LogP contribution is -2.38. The van der Waals surface area contributed by atoms with Crippen molar-refractivity contribution in [1.29, 1.82) is 0 Å². The van der Waals surface area contributed by atoms with E-state index in [-0.39, 0.29) is 29.6 Å². The van der Waals surface area contributed by atoms with Crippen molar-refractivity contribution in [1.82, 2.24) is 4.90 Å². The normalized spacial score (nSPS) is 24.8. The van der Waals surface area contributed by atoms with E-state index in [1.807, 2.05) is 0 Å². The molecule has 1 saturated heterocycles. The van der Waals surface area contributed by atoms with Gasteiger partial charge in [-0.2, -0.15) is 0 Å². The molecule has 1 aromatic rings. The predicted molar refractivity (Wildman–Crippen MR) is 87.5 cm³/mol. The number of carbonyl (C=O) groups excluding carboxylic acids is 1. The van der Waals surface area contributed by atoms with Crippen LogP contribution < -0.4 is 14.8 Å². The number of methoxy groups -OCH3 is 2. The number of anilines is 1. The zero-order chi connectivity index (χ0) is 18.2. The standard InChI is InChI=1S/C17H21FN2O5/c1-24-13-7-14(25-2)12(6-11(13)18)19-16(23)20-8-10-4-3-5-17(10,9-20)15(21)22/h6-7,10H,3-5,8-9H2,1-2H3,(H,19,23)(H,21,22)/t10-,17+/m0/s1. The number of likely N-dealkylation sites (tertiary alicyclic amines) is 1. The summed E-state index contributed by atoms with van der Waals surface area (Å²) >= 11 is 0. The van der Waals surface area contributed by atoms with Crippen molar-refractivity contribution >= 4 is 17.7 Å². The fourth-order valence-corrected chi connectivity index (χ4v) is 3.95. The molecular weight excluding hydrogens is 331 g/mol. The molecule has 2 fully saturated rings. The minimum atomic E-state index is -0.855. The average molecular weight is 352 g/mol. The number of nitrogens with zero attached hydrogens (tertiary/aromatic N) is 1. The largest absolute Gasteiger partial charge is 0.494 e. The van der Waals surface area contributed by atoms with Gasteiger partial charge in [0.15, 0.2) is 11.6 Å². The molecule has 0 aromatic heterocycles.